The molecule has 0 aromatic rings. The third kappa shape index (κ3) is 8.96. The zero-order chi connectivity index (χ0) is 19.4. The Morgan fingerprint density at radius 2 is 1.56 bits per heavy atom. The maximum absolute atomic E-state index is 5.44. The van der Waals surface area contributed by atoms with E-state index in [1.165, 1.54) is 57.8 Å². The van der Waals surface area contributed by atoms with Crippen LogP contribution in [0.15, 0.2) is 9.98 Å². The second-order valence-electron chi connectivity index (χ2n) is 8.26. The Kier molecular flexibility index (Phi) is 9.95. The minimum Gasteiger partial charge on any atom is -0.378 e. The molecule has 2 N–H and O–H groups in total. The van der Waals surface area contributed by atoms with Gasteiger partial charge < -0.3 is 15.0 Å². The molecule has 0 radical (unpaired) electrons. The topological polar surface area (TPSA) is 61.2 Å². The lowest BCUT2D eigenvalue weighted by molar-refractivity contribution is 0.0662. The lowest BCUT2D eigenvalue weighted by Gasteiger charge is -2.37. The molecule has 0 saturated carbocycles. The standard InChI is InChI=1S/C21H41N5O/c1-4-5-6-7-8-9-10-11-12-13-14-22-19-23-20(25-21(2,3)24-19)26-15-17-27-18-16-26/h4-18H2,1-3H3,(H2,22,23,24,25). The van der Waals surface area contributed by atoms with Crippen LogP contribution in [0.25, 0.3) is 0 Å². The van der Waals surface area contributed by atoms with Crippen LogP contribution in [0.3, 0.4) is 0 Å². The highest BCUT2D eigenvalue weighted by molar-refractivity contribution is 6.00. The van der Waals surface area contributed by atoms with Crippen molar-refractivity contribution in [2.75, 3.05) is 32.8 Å². The first-order valence-electron chi connectivity index (χ1n) is 11.1. The van der Waals surface area contributed by atoms with Gasteiger partial charge in [-0.1, -0.05) is 64.7 Å². The maximum atomic E-state index is 5.44. The van der Waals surface area contributed by atoms with Crippen molar-refractivity contribution in [1.82, 2.24) is 15.5 Å². The van der Waals surface area contributed by atoms with Crippen molar-refractivity contribution in [2.45, 2.75) is 90.6 Å². The minimum absolute atomic E-state index is 0.324. The van der Waals surface area contributed by atoms with E-state index in [1.54, 1.807) is 0 Å². The lowest BCUT2D eigenvalue weighted by atomic mass is 10.1. The zero-order valence-electron chi connectivity index (χ0n) is 17.9. The van der Waals surface area contributed by atoms with Gasteiger partial charge in [-0.2, -0.15) is 0 Å². The van der Waals surface area contributed by atoms with Crippen molar-refractivity contribution in [2.24, 2.45) is 9.98 Å². The number of nitrogens with one attached hydrogen (secondary N) is 2. The Hall–Kier alpha value is -1.30. The van der Waals surface area contributed by atoms with Crippen LogP contribution in [0.5, 0.6) is 0 Å². The molecule has 6 nitrogen and oxygen atoms in total. The predicted molar refractivity (Wildman–Crippen MR) is 114 cm³/mol. The second-order valence-corrected chi connectivity index (χ2v) is 8.26. The molecular weight excluding hydrogens is 338 g/mol. The molecule has 1 fully saturated rings. The Balaban J connectivity index is 1.61. The molecule has 6 heteroatoms. The Bertz CT molecular complexity index is 469. The summed E-state index contributed by atoms with van der Waals surface area (Å²) in [7, 11) is 0. The highest BCUT2D eigenvalue weighted by Gasteiger charge is 2.28. The molecule has 0 spiro atoms. The van der Waals surface area contributed by atoms with Gasteiger partial charge in [-0.05, 0) is 20.3 Å². The van der Waals surface area contributed by atoms with E-state index >= 15 is 0 Å². The highest BCUT2D eigenvalue weighted by Crippen LogP contribution is 2.12. The van der Waals surface area contributed by atoms with Gasteiger partial charge >= 0.3 is 0 Å². The quantitative estimate of drug-likeness (QED) is 0.535. The van der Waals surface area contributed by atoms with Crippen LogP contribution in [0, 0.1) is 0 Å². The van der Waals surface area contributed by atoms with E-state index in [2.05, 4.69) is 36.3 Å². The molecule has 0 aliphatic carbocycles. The van der Waals surface area contributed by atoms with Crippen LogP contribution in [0.2, 0.25) is 0 Å². The lowest BCUT2D eigenvalue weighted by Crippen LogP contribution is -2.61. The van der Waals surface area contributed by atoms with Crippen LogP contribution >= 0.6 is 0 Å². The van der Waals surface area contributed by atoms with E-state index in [0.29, 0.717) is 0 Å². The number of aliphatic imine (C=N–C) groups is 2. The molecule has 2 aliphatic heterocycles. The number of morpholine rings is 1. The number of hydrogen-bond donors (Lipinski definition) is 2. The number of hydrogen-bond acceptors (Lipinski definition) is 4. The molecule has 0 aromatic carbocycles. The minimum atomic E-state index is -0.324. The number of unbranched alkanes of at least 4 members (excludes halogenated alkanes) is 9. The SMILES string of the molecule is CCCCCCCCCCCCN=C1NC(N2CCOCC2)=NC(C)(C)N1. The third-order valence-electron chi connectivity index (χ3n) is 5.13. The van der Waals surface area contributed by atoms with E-state index in [4.69, 9.17) is 14.7 Å². The first-order chi connectivity index (χ1) is 13.1. The van der Waals surface area contributed by atoms with Crippen LogP contribution in [0.1, 0.15) is 85.0 Å². The van der Waals surface area contributed by atoms with E-state index in [9.17, 15) is 0 Å². The van der Waals surface area contributed by atoms with Gasteiger partial charge in [-0.15, -0.1) is 0 Å². The summed E-state index contributed by atoms with van der Waals surface area (Å²) < 4.78 is 5.44. The fraction of sp³-hybridized carbons (Fsp3) is 0.905. The first kappa shape index (κ1) is 22.0. The molecule has 0 unspecified atom stereocenters. The first-order valence-corrected chi connectivity index (χ1v) is 11.1. The summed E-state index contributed by atoms with van der Waals surface area (Å²) >= 11 is 0. The molecule has 156 valence electrons. The number of ether oxygens (including phenoxy) is 1. The Morgan fingerprint density at radius 3 is 2.19 bits per heavy atom. The average Bonchev–Trinajstić information content (AvgIpc) is 2.65. The van der Waals surface area contributed by atoms with Gasteiger partial charge in [-0.25, -0.2) is 4.99 Å². The Labute approximate surface area is 166 Å². The van der Waals surface area contributed by atoms with Crippen molar-refractivity contribution >= 4 is 11.9 Å². The smallest absolute Gasteiger partial charge is 0.203 e. The summed E-state index contributed by atoms with van der Waals surface area (Å²) in [4.78, 5) is 11.8. The molecular formula is C21H41N5O. The van der Waals surface area contributed by atoms with Crippen LogP contribution in [-0.4, -0.2) is 55.3 Å². The summed E-state index contributed by atoms with van der Waals surface area (Å²) in [5, 5.41) is 6.76. The van der Waals surface area contributed by atoms with Gasteiger partial charge in [0.1, 0.15) is 5.66 Å². The monoisotopic (exact) mass is 379 g/mol. The highest BCUT2D eigenvalue weighted by atomic mass is 16.5. The predicted octanol–water partition coefficient (Wildman–Crippen LogP) is 3.88. The largest absolute Gasteiger partial charge is 0.378 e. The van der Waals surface area contributed by atoms with Gasteiger partial charge in [0, 0.05) is 19.6 Å². The summed E-state index contributed by atoms with van der Waals surface area (Å²) in [6.07, 6.45) is 13.5. The van der Waals surface area contributed by atoms with Gasteiger partial charge in [0.05, 0.1) is 13.2 Å². The molecule has 2 aliphatic rings. The number of rotatable bonds is 11. The van der Waals surface area contributed by atoms with E-state index in [-0.39, 0.29) is 5.66 Å². The van der Waals surface area contributed by atoms with Crippen LogP contribution in [0.4, 0.5) is 0 Å². The molecule has 1 saturated heterocycles. The average molecular weight is 380 g/mol. The third-order valence-corrected chi connectivity index (χ3v) is 5.13. The molecule has 0 aromatic heterocycles. The Morgan fingerprint density at radius 1 is 0.963 bits per heavy atom. The zero-order valence-corrected chi connectivity index (χ0v) is 17.9. The molecule has 27 heavy (non-hydrogen) atoms. The normalized spacial score (nSPS) is 20.9. The molecule has 2 rings (SSSR count). The van der Waals surface area contributed by atoms with Gasteiger partial charge in [0.15, 0.2) is 5.96 Å². The van der Waals surface area contributed by atoms with Gasteiger partial charge in [0.2, 0.25) is 5.96 Å². The van der Waals surface area contributed by atoms with Crippen molar-refractivity contribution in [1.29, 1.82) is 0 Å². The summed E-state index contributed by atoms with van der Waals surface area (Å²) in [6.45, 7) is 10.6. The van der Waals surface area contributed by atoms with Crippen LogP contribution in [-0.2, 0) is 4.74 Å². The molecule has 0 atom stereocenters. The van der Waals surface area contributed by atoms with E-state index < -0.39 is 0 Å². The van der Waals surface area contributed by atoms with Crippen LogP contribution < -0.4 is 10.6 Å². The van der Waals surface area contributed by atoms with Crippen molar-refractivity contribution in [3.8, 4) is 0 Å². The van der Waals surface area contributed by atoms with Crippen molar-refractivity contribution < 1.29 is 4.74 Å². The number of nitrogens with zero attached hydrogens (tertiary/aromatic N) is 3. The molecule has 0 bridgehead atoms. The fourth-order valence-electron chi connectivity index (χ4n) is 3.54. The fourth-order valence-corrected chi connectivity index (χ4v) is 3.54. The maximum Gasteiger partial charge on any atom is 0.203 e. The van der Waals surface area contributed by atoms with E-state index in [1.807, 2.05) is 0 Å². The number of guanidine groups is 2. The van der Waals surface area contributed by atoms with Crippen molar-refractivity contribution in [3.63, 3.8) is 0 Å². The molecule has 0 amide bonds. The molecule has 2 heterocycles. The van der Waals surface area contributed by atoms with Gasteiger partial charge in [0.25, 0.3) is 0 Å². The summed E-state index contributed by atoms with van der Waals surface area (Å²) in [6, 6.07) is 0. The summed E-state index contributed by atoms with van der Waals surface area (Å²) in [5.41, 5.74) is -0.324. The van der Waals surface area contributed by atoms with E-state index in [0.717, 1.165) is 51.2 Å². The van der Waals surface area contributed by atoms with Crippen molar-refractivity contribution in [3.05, 3.63) is 0 Å². The van der Waals surface area contributed by atoms with Gasteiger partial charge in [-0.3, -0.25) is 10.3 Å². The second kappa shape index (κ2) is 12.2. The summed E-state index contributed by atoms with van der Waals surface area (Å²) in [5.74, 6) is 1.77.